The molecule has 0 saturated carbocycles. The third-order valence-electron chi connectivity index (χ3n) is 2.91. The number of nitrogens with one attached hydrogen (secondary N) is 2. The normalized spacial score (nSPS) is 10.5. The van der Waals surface area contributed by atoms with E-state index in [1.54, 1.807) is 0 Å². The molecule has 0 aliphatic heterocycles. The Balaban J connectivity index is 2.11. The van der Waals surface area contributed by atoms with E-state index >= 15 is 0 Å². The number of carbonyl (C=O) groups excluding carboxylic acids is 2. The second-order valence-corrected chi connectivity index (χ2v) is 6.40. The number of carbonyl (C=O) groups is 2. The molecule has 0 unspecified atom stereocenters. The minimum atomic E-state index is -0.0886. The Morgan fingerprint density at radius 3 is 2.36 bits per heavy atom. The van der Waals surface area contributed by atoms with Crippen LogP contribution >= 0.6 is 11.8 Å². The average Bonchev–Trinajstić information content (AvgIpc) is 2.46. The molecule has 0 saturated heterocycles. The highest BCUT2D eigenvalue weighted by molar-refractivity contribution is 8.00. The zero-order valence-electron chi connectivity index (χ0n) is 13.5. The molecule has 1 aromatic rings. The highest BCUT2D eigenvalue weighted by Gasteiger charge is 2.06. The molecule has 0 heterocycles. The van der Waals surface area contributed by atoms with Gasteiger partial charge in [-0.05, 0) is 46.1 Å². The number of amides is 2. The van der Waals surface area contributed by atoms with Gasteiger partial charge in [0.1, 0.15) is 0 Å². The molecule has 0 aromatic heterocycles. The lowest BCUT2D eigenvalue weighted by atomic mass is 10.2. The molecular weight excluding hydrogens is 298 g/mol. The van der Waals surface area contributed by atoms with Crippen LogP contribution in [0.4, 0.5) is 5.69 Å². The van der Waals surface area contributed by atoms with Crippen molar-refractivity contribution in [2.24, 2.45) is 0 Å². The largest absolute Gasteiger partial charge is 0.355 e. The highest BCUT2D eigenvalue weighted by Crippen LogP contribution is 2.09. The molecule has 22 heavy (non-hydrogen) atoms. The molecule has 122 valence electrons. The maximum absolute atomic E-state index is 11.7. The first-order chi connectivity index (χ1) is 10.5. The Morgan fingerprint density at radius 2 is 1.73 bits per heavy atom. The fourth-order valence-corrected chi connectivity index (χ4v) is 2.39. The smallest absolute Gasteiger partial charge is 0.234 e. The third-order valence-corrected chi connectivity index (χ3v) is 3.84. The Labute approximate surface area is 136 Å². The van der Waals surface area contributed by atoms with E-state index in [0.717, 1.165) is 24.2 Å². The lowest BCUT2D eigenvalue weighted by Crippen LogP contribution is -2.29. The summed E-state index contributed by atoms with van der Waals surface area (Å²) in [4.78, 5) is 25.4. The van der Waals surface area contributed by atoms with Crippen LogP contribution in [0.3, 0.4) is 0 Å². The van der Waals surface area contributed by atoms with E-state index < -0.39 is 0 Å². The number of aryl methyl sites for hydroxylation is 1. The second-order valence-electron chi connectivity index (χ2n) is 5.41. The maximum atomic E-state index is 11.7. The fraction of sp³-hybridized carbons (Fsp3) is 0.500. The van der Waals surface area contributed by atoms with Crippen LogP contribution in [0.5, 0.6) is 0 Å². The zero-order chi connectivity index (χ0) is 16.4. The van der Waals surface area contributed by atoms with Crippen molar-refractivity contribution in [2.45, 2.75) is 13.3 Å². The molecule has 1 rings (SSSR count). The summed E-state index contributed by atoms with van der Waals surface area (Å²) in [6.07, 6.45) is 0.928. The van der Waals surface area contributed by atoms with Gasteiger partial charge in [0.15, 0.2) is 0 Å². The lowest BCUT2D eigenvalue weighted by molar-refractivity contribution is -0.118. The number of anilines is 1. The molecule has 0 atom stereocenters. The van der Waals surface area contributed by atoms with E-state index in [1.165, 1.54) is 11.8 Å². The summed E-state index contributed by atoms with van der Waals surface area (Å²) in [5, 5.41) is 5.66. The van der Waals surface area contributed by atoms with Crippen molar-refractivity contribution in [1.29, 1.82) is 0 Å². The van der Waals surface area contributed by atoms with Gasteiger partial charge in [0.05, 0.1) is 11.5 Å². The Morgan fingerprint density at radius 1 is 1.09 bits per heavy atom. The van der Waals surface area contributed by atoms with Crippen molar-refractivity contribution in [3.63, 3.8) is 0 Å². The zero-order valence-corrected chi connectivity index (χ0v) is 14.3. The minimum absolute atomic E-state index is 0.0214. The van der Waals surface area contributed by atoms with Gasteiger partial charge in [0.2, 0.25) is 11.8 Å². The highest BCUT2D eigenvalue weighted by atomic mass is 32.2. The molecule has 0 aliphatic rings. The number of hydrogen-bond donors (Lipinski definition) is 2. The van der Waals surface area contributed by atoms with Crippen LogP contribution in [-0.4, -0.2) is 55.4 Å². The van der Waals surface area contributed by atoms with Crippen molar-refractivity contribution >= 4 is 29.3 Å². The van der Waals surface area contributed by atoms with Crippen molar-refractivity contribution in [3.8, 4) is 0 Å². The van der Waals surface area contributed by atoms with E-state index in [4.69, 9.17) is 0 Å². The minimum Gasteiger partial charge on any atom is -0.355 e. The monoisotopic (exact) mass is 323 g/mol. The van der Waals surface area contributed by atoms with E-state index in [1.807, 2.05) is 45.3 Å². The number of benzene rings is 1. The van der Waals surface area contributed by atoms with Crippen LogP contribution in [0.15, 0.2) is 24.3 Å². The van der Waals surface area contributed by atoms with Crippen molar-refractivity contribution in [2.75, 3.05) is 44.0 Å². The summed E-state index contributed by atoms with van der Waals surface area (Å²) in [6, 6.07) is 7.64. The number of nitrogens with zero attached hydrogens (tertiary/aromatic N) is 1. The summed E-state index contributed by atoms with van der Waals surface area (Å²) >= 11 is 1.32. The third kappa shape index (κ3) is 8.69. The molecule has 6 heteroatoms. The van der Waals surface area contributed by atoms with Crippen LogP contribution < -0.4 is 10.6 Å². The van der Waals surface area contributed by atoms with Gasteiger partial charge < -0.3 is 15.5 Å². The van der Waals surface area contributed by atoms with Crippen LogP contribution in [0.1, 0.15) is 12.0 Å². The number of rotatable bonds is 9. The van der Waals surface area contributed by atoms with E-state index in [2.05, 4.69) is 15.5 Å². The molecule has 0 aliphatic carbocycles. The van der Waals surface area contributed by atoms with Gasteiger partial charge in [-0.15, -0.1) is 11.8 Å². The molecule has 0 radical (unpaired) electrons. The molecular formula is C16H25N3O2S. The van der Waals surface area contributed by atoms with Crippen LogP contribution in [0.2, 0.25) is 0 Å². The first-order valence-corrected chi connectivity index (χ1v) is 8.48. The summed E-state index contributed by atoms with van der Waals surface area (Å²) in [5.74, 6) is 0.476. The summed E-state index contributed by atoms with van der Waals surface area (Å²) in [6.45, 7) is 3.62. The van der Waals surface area contributed by atoms with Gasteiger partial charge in [0, 0.05) is 12.2 Å². The molecule has 2 amide bonds. The molecule has 0 fully saturated rings. The van der Waals surface area contributed by atoms with E-state index in [-0.39, 0.29) is 17.6 Å². The van der Waals surface area contributed by atoms with Gasteiger partial charge in [0.25, 0.3) is 0 Å². The molecule has 0 bridgehead atoms. The van der Waals surface area contributed by atoms with Gasteiger partial charge in [-0.3, -0.25) is 9.59 Å². The average molecular weight is 323 g/mol. The second kappa shape index (κ2) is 10.2. The Kier molecular flexibility index (Phi) is 8.62. The van der Waals surface area contributed by atoms with Crippen molar-refractivity contribution in [1.82, 2.24) is 10.2 Å². The van der Waals surface area contributed by atoms with Crippen LogP contribution in [-0.2, 0) is 9.59 Å². The van der Waals surface area contributed by atoms with Crippen LogP contribution in [0.25, 0.3) is 0 Å². The van der Waals surface area contributed by atoms with Gasteiger partial charge in [-0.2, -0.15) is 0 Å². The predicted octanol–water partition coefficient (Wildman–Crippen LogP) is 1.73. The number of thioether (sulfide) groups is 1. The van der Waals surface area contributed by atoms with E-state index in [9.17, 15) is 9.59 Å². The van der Waals surface area contributed by atoms with Gasteiger partial charge in [-0.1, -0.05) is 17.7 Å². The Bertz CT molecular complexity index is 475. The molecule has 5 nitrogen and oxygen atoms in total. The first-order valence-electron chi connectivity index (χ1n) is 7.33. The number of hydrogen-bond acceptors (Lipinski definition) is 4. The van der Waals surface area contributed by atoms with Gasteiger partial charge >= 0.3 is 0 Å². The Hall–Kier alpha value is -1.53. The van der Waals surface area contributed by atoms with E-state index in [0.29, 0.717) is 12.3 Å². The topological polar surface area (TPSA) is 61.4 Å². The molecule has 1 aromatic carbocycles. The summed E-state index contributed by atoms with van der Waals surface area (Å²) in [7, 11) is 4.01. The fourth-order valence-electron chi connectivity index (χ4n) is 1.74. The maximum Gasteiger partial charge on any atom is 0.234 e. The first kappa shape index (κ1) is 18.5. The van der Waals surface area contributed by atoms with Crippen LogP contribution in [0, 0.1) is 6.92 Å². The summed E-state index contributed by atoms with van der Waals surface area (Å²) < 4.78 is 0. The van der Waals surface area contributed by atoms with Crippen molar-refractivity contribution < 1.29 is 9.59 Å². The quantitative estimate of drug-likeness (QED) is 0.680. The van der Waals surface area contributed by atoms with Gasteiger partial charge in [-0.25, -0.2) is 0 Å². The SMILES string of the molecule is Cc1ccc(NC(=O)CSCC(=O)NCCCN(C)C)cc1. The molecule has 2 N–H and O–H groups in total. The standard InChI is InChI=1S/C16H25N3O2S/c1-13-5-7-14(8-6-13)18-16(21)12-22-11-15(20)17-9-4-10-19(2)3/h5-8H,4,9-12H2,1-3H3,(H,17,20)(H,18,21). The molecule has 0 spiro atoms. The lowest BCUT2D eigenvalue weighted by Gasteiger charge is -2.09. The van der Waals surface area contributed by atoms with Crippen molar-refractivity contribution in [3.05, 3.63) is 29.8 Å². The summed E-state index contributed by atoms with van der Waals surface area (Å²) in [5.41, 5.74) is 1.93. The predicted molar refractivity (Wildman–Crippen MR) is 93.3 cm³/mol.